The Labute approximate surface area is 123 Å². The van der Waals surface area contributed by atoms with Crippen LogP contribution in [0.1, 0.15) is 27.2 Å². The Morgan fingerprint density at radius 3 is 2.35 bits per heavy atom. The van der Waals surface area contributed by atoms with Gasteiger partial charge >= 0.3 is 0 Å². The van der Waals surface area contributed by atoms with Crippen LogP contribution in [0, 0.1) is 6.92 Å². The van der Waals surface area contributed by atoms with E-state index in [1.54, 1.807) is 42.5 Å². The molecule has 0 bridgehead atoms. The van der Waals surface area contributed by atoms with Crippen molar-refractivity contribution in [3.05, 3.63) is 59.0 Å². The number of benzene rings is 1. The maximum Gasteiger partial charge on any atom is 0.253 e. The molecule has 2 rings (SSSR count). The van der Waals surface area contributed by atoms with Crippen molar-refractivity contribution in [3.8, 4) is 0 Å². The van der Waals surface area contributed by atoms with Crippen LogP contribution in [0.3, 0.4) is 0 Å². The zero-order valence-corrected chi connectivity index (χ0v) is 12.2. The summed E-state index contributed by atoms with van der Waals surface area (Å²) in [5.74, 6) is 0.772. The molecule has 2 N–H and O–H groups in total. The van der Waals surface area contributed by atoms with Crippen LogP contribution in [0.15, 0.2) is 41.0 Å². The Balaban J connectivity index is 2.10. The Morgan fingerprint density at radius 2 is 1.85 bits per heavy atom. The van der Waals surface area contributed by atoms with Gasteiger partial charge < -0.3 is 15.1 Å². The van der Waals surface area contributed by atoms with Crippen LogP contribution in [0.5, 0.6) is 0 Å². The van der Waals surface area contributed by atoms with Crippen LogP contribution in [-0.4, -0.2) is 22.8 Å². The van der Waals surface area contributed by atoms with Crippen molar-refractivity contribution in [2.75, 3.05) is 7.05 Å². The van der Waals surface area contributed by atoms with Crippen LogP contribution < -0.4 is 5.73 Å². The van der Waals surface area contributed by atoms with Crippen molar-refractivity contribution in [2.24, 2.45) is 5.73 Å². The second-order valence-corrected chi connectivity index (χ2v) is 5.04. The van der Waals surface area contributed by atoms with Gasteiger partial charge in [-0.2, -0.15) is 0 Å². The summed E-state index contributed by atoms with van der Waals surface area (Å²) in [4.78, 5) is 14.3. The van der Waals surface area contributed by atoms with Crippen molar-refractivity contribution in [1.82, 2.24) is 4.90 Å². The Bertz CT molecular complexity index is 632. The molecule has 0 aliphatic heterocycles. The van der Waals surface area contributed by atoms with Gasteiger partial charge in [0, 0.05) is 30.3 Å². The largest absolute Gasteiger partial charge is 0.469 e. The van der Waals surface area contributed by atoms with Gasteiger partial charge in [0.15, 0.2) is 0 Å². The number of hydrogen-bond donors (Lipinski definition) is 1. The first kappa shape index (κ1) is 14.3. The van der Waals surface area contributed by atoms with E-state index in [9.17, 15) is 4.79 Å². The summed E-state index contributed by atoms with van der Waals surface area (Å²) in [5.41, 5.74) is 7.89. The highest BCUT2D eigenvalue weighted by Gasteiger charge is 2.14. The van der Waals surface area contributed by atoms with Crippen molar-refractivity contribution in [2.45, 2.75) is 13.5 Å². The molecule has 1 aromatic carbocycles. The molecule has 1 aromatic heterocycles. The second kappa shape index (κ2) is 5.88. The predicted molar refractivity (Wildman–Crippen MR) is 81.6 cm³/mol. The van der Waals surface area contributed by atoms with E-state index in [2.05, 4.69) is 0 Å². The monoisotopic (exact) mass is 288 g/mol. The highest BCUT2D eigenvalue weighted by Crippen LogP contribution is 2.13. The van der Waals surface area contributed by atoms with E-state index in [1.807, 2.05) is 13.0 Å². The first-order chi connectivity index (χ1) is 9.49. The van der Waals surface area contributed by atoms with E-state index < -0.39 is 0 Å². The Hall–Kier alpha value is -2.14. The molecule has 0 radical (unpaired) electrons. The molecule has 1 amide bonds. The van der Waals surface area contributed by atoms with Gasteiger partial charge in [0.2, 0.25) is 0 Å². The lowest BCUT2D eigenvalue weighted by Crippen LogP contribution is -2.26. The highest BCUT2D eigenvalue weighted by molar-refractivity contribution is 7.80. The molecule has 0 saturated carbocycles. The Kier molecular flexibility index (Phi) is 4.20. The molecule has 0 unspecified atom stereocenters. The fourth-order valence-corrected chi connectivity index (χ4v) is 2.04. The highest BCUT2D eigenvalue weighted by atomic mass is 32.1. The summed E-state index contributed by atoms with van der Waals surface area (Å²) in [6.45, 7) is 2.39. The van der Waals surface area contributed by atoms with E-state index in [-0.39, 0.29) is 5.91 Å². The third-order valence-corrected chi connectivity index (χ3v) is 3.37. The van der Waals surface area contributed by atoms with E-state index in [4.69, 9.17) is 22.4 Å². The number of carbonyl (C=O) groups is 1. The number of carbonyl (C=O) groups excluding carboxylic acids is 1. The van der Waals surface area contributed by atoms with E-state index >= 15 is 0 Å². The van der Waals surface area contributed by atoms with Gasteiger partial charge in [-0.1, -0.05) is 24.4 Å². The van der Waals surface area contributed by atoms with Crippen LogP contribution in [-0.2, 0) is 6.54 Å². The molecule has 0 spiro atoms. The minimum atomic E-state index is -0.0555. The number of thiocarbonyl (C=S) groups is 1. The molecule has 0 aliphatic carbocycles. The van der Waals surface area contributed by atoms with Gasteiger partial charge in [-0.3, -0.25) is 4.79 Å². The summed E-state index contributed by atoms with van der Waals surface area (Å²) in [6, 6.07) is 8.85. The van der Waals surface area contributed by atoms with E-state index in [0.717, 1.165) is 16.9 Å². The average molecular weight is 288 g/mol. The van der Waals surface area contributed by atoms with Crippen molar-refractivity contribution >= 4 is 23.1 Å². The van der Waals surface area contributed by atoms with Crippen LogP contribution in [0.2, 0.25) is 0 Å². The number of amides is 1. The molecule has 4 nitrogen and oxygen atoms in total. The lowest BCUT2D eigenvalue weighted by Gasteiger charge is -2.17. The van der Waals surface area contributed by atoms with E-state index in [1.165, 1.54) is 0 Å². The van der Waals surface area contributed by atoms with Crippen molar-refractivity contribution < 1.29 is 9.21 Å². The molecular formula is C15H16N2O2S. The lowest BCUT2D eigenvalue weighted by atomic mass is 10.1. The number of hydrogen-bond acceptors (Lipinski definition) is 3. The summed E-state index contributed by atoms with van der Waals surface area (Å²) in [5, 5.41) is 0. The summed E-state index contributed by atoms with van der Waals surface area (Å²) >= 11 is 4.89. The molecule has 1 heterocycles. The topological polar surface area (TPSA) is 59.5 Å². The summed E-state index contributed by atoms with van der Waals surface area (Å²) in [6.07, 6.45) is 1.62. The number of nitrogens with zero attached hydrogens (tertiary/aromatic N) is 1. The molecule has 0 atom stereocenters. The third kappa shape index (κ3) is 3.05. The molecule has 5 heteroatoms. The number of nitrogens with two attached hydrogens (primary N) is 1. The van der Waals surface area contributed by atoms with Crippen LogP contribution in [0.4, 0.5) is 0 Å². The predicted octanol–water partition coefficient (Wildman–Crippen LogP) is 2.49. The Morgan fingerprint density at radius 1 is 1.25 bits per heavy atom. The molecule has 2 aromatic rings. The number of furan rings is 1. The summed E-state index contributed by atoms with van der Waals surface area (Å²) < 4.78 is 5.23. The first-order valence-corrected chi connectivity index (χ1v) is 6.58. The van der Waals surface area contributed by atoms with Gasteiger partial charge in [0.1, 0.15) is 10.7 Å². The van der Waals surface area contributed by atoms with Crippen molar-refractivity contribution in [3.63, 3.8) is 0 Å². The van der Waals surface area contributed by atoms with Crippen LogP contribution >= 0.6 is 12.2 Å². The molecular weight excluding hydrogens is 272 g/mol. The average Bonchev–Trinajstić information content (AvgIpc) is 2.83. The zero-order valence-electron chi connectivity index (χ0n) is 11.4. The van der Waals surface area contributed by atoms with Gasteiger partial charge in [-0.05, 0) is 25.1 Å². The van der Waals surface area contributed by atoms with Gasteiger partial charge in [-0.15, -0.1) is 0 Å². The SMILES string of the molecule is Cc1occc1CN(C)C(=O)c1ccc(C(N)=S)cc1. The standard InChI is InChI=1S/C15H16N2O2S/c1-10-13(7-8-19-10)9-17(2)15(18)12-5-3-11(4-6-12)14(16)20/h3-8H,9H2,1-2H3,(H2,16,20). The fraction of sp³-hybridized carbons (Fsp3) is 0.200. The maximum atomic E-state index is 12.3. The van der Waals surface area contributed by atoms with Gasteiger partial charge in [0.05, 0.1) is 6.26 Å². The number of aryl methyl sites for hydroxylation is 1. The molecule has 0 saturated heterocycles. The van der Waals surface area contributed by atoms with Gasteiger partial charge in [0.25, 0.3) is 5.91 Å². The smallest absolute Gasteiger partial charge is 0.253 e. The minimum absolute atomic E-state index is 0.0555. The molecule has 0 aliphatic rings. The quantitative estimate of drug-likeness (QED) is 0.878. The van der Waals surface area contributed by atoms with Crippen LogP contribution in [0.25, 0.3) is 0 Å². The molecule has 104 valence electrons. The maximum absolute atomic E-state index is 12.3. The molecule has 0 fully saturated rings. The van der Waals surface area contributed by atoms with Crippen molar-refractivity contribution in [1.29, 1.82) is 0 Å². The lowest BCUT2D eigenvalue weighted by molar-refractivity contribution is 0.0784. The number of rotatable bonds is 4. The summed E-state index contributed by atoms with van der Waals surface area (Å²) in [7, 11) is 1.76. The van der Waals surface area contributed by atoms with Gasteiger partial charge in [-0.25, -0.2) is 0 Å². The van der Waals surface area contributed by atoms with E-state index in [0.29, 0.717) is 17.1 Å². The first-order valence-electron chi connectivity index (χ1n) is 6.17. The third-order valence-electron chi connectivity index (χ3n) is 3.14. The normalized spacial score (nSPS) is 10.3. The zero-order chi connectivity index (χ0) is 14.7. The molecule has 20 heavy (non-hydrogen) atoms. The second-order valence-electron chi connectivity index (χ2n) is 4.60. The fourth-order valence-electron chi connectivity index (χ4n) is 1.90. The minimum Gasteiger partial charge on any atom is -0.469 e.